The van der Waals surface area contributed by atoms with Crippen molar-refractivity contribution in [3.05, 3.63) is 36.6 Å². The Morgan fingerprint density at radius 1 is 0.804 bits per heavy atom. The fourth-order valence-corrected chi connectivity index (χ4v) is 7.53. The number of likely N-dealkylation sites (N-methyl/N-ethyl adjacent to an activating group) is 1. The molecule has 0 radical (unpaired) electrons. The highest BCUT2D eigenvalue weighted by molar-refractivity contribution is 7.45. The third-order valence-corrected chi connectivity index (χ3v) is 11.4. The zero-order valence-corrected chi connectivity index (χ0v) is 36.8. The molecule has 1 unspecified atom stereocenters. The molecule has 1 aliphatic carbocycles. The molecule has 3 N–H and O–H groups in total. The van der Waals surface area contributed by atoms with Gasteiger partial charge in [-0.2, -0.15) is 0 Å². The molecule has 1 fully saturated rings. The molecular weight excluding hydrogens is 733 g/mol. The van der Waals surface area contributed by atoms with Crippen LogP contribution in [0.25, 0.3) is 0 Å². The van der Waals surface area contributed by atoms with Crippen LogP contribution >= 0.6 is 7.82 Å². The summed E-state index contributed by atoms with van der Waals surface area (Å²) in [5, 5.41) is 31.4. The molecule has 0 amide bonds. The van der Waals surface area contributed by atoms with Crippen molar-refractivity contribution in [1.82, 2.24) is 0 Å². The SMILES string of the molecule is CCCCCCCCCCCCCCCC/C=C/O[C@H](COC(=O)C/C=C\C[C@H]1[C@@H](/C=C/[C@H](O)CCCCC)[C@H](O)C[C@@H]1O)COP(=O)([O-])OCC[N+](C)(C)C. The lowest BCUT2D eigenvalue weighted by molar-refractivity contribution is -0.870. The van der Waals surface area contributed by atoms with Crippen LogP contribution in [0.4, 0.5) is 0 Å². The maximum absolute atomic E-state index is 12.6. The molecule has 0 saturated heterocycles. The van der Waals surface area contributed by atoms with Crippen molar-refractivity contribution in [3.8, 4) is 0 Å². The average molecular weight is 816 g/mol. The molecule has 0 aliphatic heterocycles. The zero-order chi connectivity index (χ0) is 41.5. The van der Waals surface area contributed by atoms with E-state index in [-0.39, 0.29) is 44.5 Å². The number of phosphoric acid groups is 1. The molecule has 0 spiro atoms. The molecule has 1 saturated carbocycles. The van der Waals surface area contributed by atoms with Gasteiger partial charge in [-0.05, 0) is 37.7 Å². The van der Waals surface area contributed by atoms with E-state index in [0.29, 0.717) is 23.9 Å². The minimum atomic E-state index is -4.59. The van der Waals surface area contributed by atoms with E-state index in [1.165, 1.54) is 83.3 Å². The number of rotatable bonds is 36. The first kappa shape index (κ1) is 52.5. The van der Waals surface area contributed by atoms with Crippen LogP contribution in [0.1, 0.15) is 155 Å². The quantitative estimate of drug-likeness (QED) is 0.0140. The molecular formula is C44H82NO10P. The summed E-state index contributed by atoms with van der Waals surface area (Å²) < 4.78 is 34.2. The fourth-order valence-electron chi connectivity index (χ4n) is 6.80. The van der Waals surface area contributed by atoms with Crippen molar-refractivity contribution < 1.29 is 52.6 Å². The topological polar surface area (TPSA) is 155 Å². The Hall–Kier alpha value is -1.56. The molecule has 0 aromatic rings. The van der Waals surface area contributed by atoms with Gasteiger partial charge in [0.05, 0.1) is 58.7 Å². The fraction of sp³-hybridized carbons (Fsp3) is 0.841. The van der Waals surface area contributed by atoms with Crippen LogP contribution in [0.15, 0.2) is 36.6 Å². The number of allylic oxidation sites excluding steroid dienone is 2. The summed E-state index contributed by atoms with van der Waals surface area (Å²) in [6, 6.07) is 0. The second-order valence-corrected chi connectivity index (χ2v) is 18.2. The summed E-state index contributed by atoms with van der Waals surface area (Å²) in [7, 11) is 1.19. The maximum Gasteiger partial charge on any atom is 0.309 e. The van der Waals surface area contributed by atoms with Gasteiger partial charge in [0, 0.05) is 12.3 Å². The summed E-state index contributed by atoms with van der Waals surface area (Å²) in [6.07, 6.45) is 31.0. The molecule has 0 aromatic heterocycles. The number of carbonyl (C=O) groups is 1. The predicted molar refractivity (Wildman–Crippen MR) is 224 cm³/mol. The number of hydrogen-bond acceptors (Lipinski definition) is 10. The van der Waals surface area contributed by atoms with Gasteiger partial charge in [0.2, 0.25) is 0 Å². The van der Waals surface area contributed by atoms with Crippen LogP contribution < -0.4 is 4.89 Å². The second kappa shape index (κ2) is 32.3. The Labute approximate surface area is 341 Å². The molecule has 11 nitrogen and oxygen atoms in total. The number of quaternary nitrogens is 1. The average Bonchev–Trinajstić information content (AvgIpc) is 3.41. The lowest BCUT2D eigenvalue weighted by Crippen LogP contribution is -2.37. The number of hydrogen-bond donors (Lipinski definition) is 3. The molecule has 0 heterocycles. The van der Waals surface area contributed by atoms with Gasteiger partial charge in [0.1, 0.15) is 19.8 Å². The number of unbranched alkanes of at least 4 members (excludes halogenated alkanes) is 16. The summed E-state index contributed by atoms with van der Waals surface area (Å²) in [4.78, 5) is 25.0. The number of aliphatic hydroxyl groups is 3. The van der Waals surface area contributed by atoms with Crippen LogP contribution in [0, 0.1) is 11.8 Å². The summed E-state index contributed by atoms with van der Waals surface area (Å²) in [5.74, 6) is -1.06. The normalized spacial score (nSPS) is 21.3. The zero-order valence-electron chi connectivity index (χ0n) is 35.9. The van der Waals surface area contributed by atoms with E-state index in [9.17, 15) is 29.6 Å². The van der Waals surface area contributed by atoms with Crippen molar-refractivity contribution in [1.29, 1.82) is 0 Å². The van der Waals surface area contributed by atoms with E-state index < -0.39 is 38.2 Å². The van der Waals surface area contributed by atoms with E-state index in [1.54, 1.807) is 18.2 Å². The summed E-state index contributed by atoms with van der Waals surface area (Å²) in [6.45, 7) is 4.23. The molecule has 56 heavy (non-hydrogen) atoms. The number of esters is 1. The van der Waals surface area contributed by atoms with E-state index in [2.05, 4.69) is 13.8 Å². The highest BCUT2D eigenvalue weighted by Gasteiger charge is 2.39. The van der Waals surface area contributed by atoms with Crippen molar-refractivity contribution in [2.45, 2.75) is 180 Å². The third-order valence-electron chi connectivity index (χ3n) is 10.4. The third kappa shape index (κ3) is 28.8. The lowest BCUT2D eigenvalue weighted by Gasteiger charge is -2.28. The van der Waals surface area contributed by atoms with E-state index in [4.69, 9.17) is 18.5 Å². The van der Waals surface area contributed by atoms with E-state index in [1.807, 2.05) is 33.3 Å². The highest BCUT2D eigenvalue weighted by Crippen LogP contribution is 2.38. The van der Waals surface area contributed by atoms with Crippen LogP contribution in [-0.4, -0.2) is 97.7 Å². The van der Waals surface area contributed by atoms with Gasteiger partial charge in [0.25, 0.3) is 7.82 Å². The minimum Gasteiger partial charge on any atom is -0.756 e. The minimum absolute atomic E-state index is 0.0227. The van der Waals surface area contributed by atoms with Crippen LogP contribution in [0.3, 0.4) is 0 Å². The Bertz CT molecular complexity index is 1110. The van der Waals surface area contributed by atoms with Gasteiger partial charge in [-0.25, -0.2) is 0 Å². The van der Waals surface area contributed by atoms with Gasteiger partial charge in [-0.1, -0.05) is 141 Å². The molecule has 7 atom stereocenters. The molecule has 0 bridgehead atoms. The van der Waals surface area contributed by atoms with Gasteiger partial charge >= 0.3 is 5.97 Å². The summed E-state index contributed by atoms with van der Waals surface area (Å²) in [5.41, 5.74) is 0. The number of carbonyl (C=O) groups excluding carboxylic acids is 1. The van der Waals surface area contributed by atoms with Crippen LogP contribution in [-0.2, 0) is 27.9 Å². The van der Waals surface area contributed by atoms with Gasteiger partial charge in [-0.15, -0.1) is 0 Å². The van der Waals surface area contributed by atoms with Crippen LogP contribution in [0.2, 0.25) is 0 Å². The van der Waals surface area contributed by atoms with E-state index >= 15 is 0 Å². The largest absolute Gasteiger partial charge is 0.756 e. The molecule has 12 heteroatoms. The first-order valence-corrected chi connectivity index (χ1v) is 23.5. The Morgan fingerprint density at radius 2 is 1.39 bits per heavy atom. The molecule has 1 rings (SSSR count). The van der Waals surface area contributed by atoms with Crippen molar-refractivity contribution >= 4 is 13.8 Å². The highest BCUT2D eigenvalue weighted by atomic mass is 31.2. The molecule has 328 valence electrons. The Morgan fingerprint density at radius 3 is 2.00 bits per heavy atom. The first-order valence-electron chi connectivity index (χ1n) is 22.0. The van der Waals surface area contributed by atoms with Gasteiger partial charge in [-0.3, -0.25) is 9.36 Å². The first-order chi connectivity index (χ1) is 26.8. The Balaban J connectivity index is 2.52. The second-order valence-electron chi connectivity index (χ2n) is 16.8. The van der Waals surface area contributed by atoms with Crippen molar-refractivity contribution in [2.24, 2.45) is 11.8 Å². The number of ether oxygens (including phenoxy) is 2. The number of phosphoric ester groups is 1. The number of nitrogens with zero attached hydrogens (tertiary/aromatic N) is 1. The van der Waals surface area contributed by atoms with Crippen LogP contribution in [0.5, 0.6) is 0 Å². The lowest BCUT2D eigenvalue weighted by atomic mass is 9.89. The van der Waals surface area contributed by atoms with Crippen molar-refractivity contribution in [2.75, 3.05) is 47.5 Å². The van der Waals surface area contributed by atoms with Gasteiger partial charge in [0.15, 0.2) is 6.10 Å². The molecule has 1 aliphatic rings. The van der Waals surface area contributed by atoms with Crippen molar-refractivity contribution in [3.63, 3.8) is 0 Å². The standard InChI is InChI=1S/C44H82NO10P/c1-6-8-10-11-12-13-14-15-16-17-18-19-20-21-22-26-33-52-39(37-55-56(50,51)54-34-32-45(3,4)5)36-53-44(49)29-25-24-28-40-41(43(48)35-42(40)47)31-30-38(46)27-23-9-7-2/h24-26,30-31,33,38-43,46-48H,6-23,27-29,32,34-37H2,1-5H3/b25-24-,31-30+,33-26+/t38-,39-,40+,41-,42+,43-/m1/s1. The smallest absolute Gasteiger partial charge is 0.309 e. The summed E-state index contributed by atoms with van der Waals surface area (Å²) >= 11 is 0. The van der Waals surface area contributed by atoms with Gasteiger partial charge < -0.3 is 43.2 Å². The monoisotopic (exact) mass is 816 g/mol. The number of aliphatic hydroxyl groups excluding tert-OH is 3. The maximum atomic E-state index is 12.6. The van der Waals surface area contributed by atoms with E-state index in [0.717, 1.165) is 38.5 Å². The Kier molecular flexibility index (Phi) is 30.3. The predicted octanol–water partition coefficient (Wildman–Crippen LogP) is 8.70. The molecule has 0 aromatic carbocycles.